The van der Waals surface area contributed by atoms with Gasteiger partial charge in [0.15, 0.2) is 0 Å². The smallest absolute Gasteiger partial charge is 0.329 e. The summed E-state index contributed by atoms with van der Waals surface area (Å²) in [5.74, 6) is 1.16. The Labute approximate surface area is 103 Å². The van der Waals surface area contributed by atoms with Gasteiger partial charge in [0, 0.05) is 23.2 Å². The maximum atomic E-state index is 10.7. The molecule has 2 amide bonds. The van der Waals surface area contributed by atoms with Gasteiger partial charge < -0.3 is 10.4 Å². The number of carbonyl (C=O) groups excluding carboxylic acids is 1. The van der Waals surface area contributed by atoms with Gasteiger partial charge >= 0.3 is 6.03 Å². The van der Waals surface area contributed by atoms with Crippen molar-refractivity contribution < 1.29 is 9.90 Å². The third-order valence-electron chi connectivity index (χ3n) is 1.80. The SMILES string of the molecule is O=C(NCl)NCCCSc1ccc(O)cc1. The van der Waals surface area contributed by atoms with Crippen LogP contribution in [0.1, 0.15) is 6.42 Å². The molecule has 0 aliphatic carbocycles. The normalized spacial score (nSPS) is 9.81. The van der Waals surface area contributed by atoms with E-state index < -0.39 is 0 Å². The lowest BCUT2D eigenvalue weighted by Gasteiger charge is -2.03. The van der Waals surface area contributed by atoms with E-state index in [-0.39, 0.29) is 11.8 Å². The topological polar surface area (TPSA) is 61.4 Å². The van der Waals surface area contributed by atoms with E-state index >= 15 is 0 Å². The van der Waals surface area contributed by atoms with Crippen LogP contribution in [0, 0.1) is 0 Å². The van der Waals surface area contributed by atoms with Crippen molar-refractivity contribution in [3.63, 3.8) is 0 Å². The predicted octanol–water partition coefficient (Wildman–Crippen LogP) is 2.33. The highest BCUT2D eigenvalue weighted by Crippen LogP contribution is 2.20. The lowest BCUT2D eigenvalue weighted by atomic mass is 10.3. The number of halogens is 1. The summed E-state index contributed by atoms with van der Waals surface area (Å²) in [7, 11) is 0. The Bertz CT molecular complexity index is 332. The first-order valence-electron chi connectivity index (χ1n) is 4.78. The summed E-state index contributed by atoms with van der Waals surface area (Å²) in [5, 5.41) is 11.7. The van der Waals surface area contributed by atoms with E-state index in [1.807, 2.05) is 17.0 Å². The molecule has 1 rings (SSSR count). The number of benzene rings is 1. The molecular weight excluding hydrogens is 248 g/mol. The van der Waals surface area contributed by atoms with Crippen molar-refractivity contribution in [3.8, 4) is 5.75 Å². The summed E-state index contributed by atoms with van der Waals surface area (Å²) in [6.07, 6.45) is 0.857. The highest BCUT2D eigenvalue weighted by molar-refractivity contribution is 7.99. The highest BCUT2D eigenvalue weighted by Gasteiger charge is 1.97. The number of phenols is 1. The van der Waals surface area contributed by atoms with Crippen molar-refractivity contribution in [1.29, 1.82) is 0 Å². The van der Waals surface area contributed by atoms with Crippen LogP contribution in [0.2, 0.25) is 0 Å². The second-order valence-electron chi connectivity index (χ2n) is 3.05. The summed E-state index contributed by atoms with van der Waals surface area (Å²) < 4.78 is 0. The Kier molecular flexibility index (Phi) is 5.88. The van der Waals surface area contributed by atoms with E-state index in [0.29, 0.717) is 6.54 Å². The van der Waals surface area contributed by atoms with Crippen LogP contribution in [0.25, 0.3) is 0 Å². The Morgan fingerprint density at radius 3 is 2.69 bits per heavy atom. The van der Waals surface area contributed by atoms with Gasteiger partial charge in [-0.15, -0.1) is 11.8 Å². The first-order chi connectivity index (χ1) is 7.72. The van der Waals surface area contributed by atoms with E-state index in [2.05, 4.69) is 5.32 Å². The predicted molar refractivity (Wildman–Crippen MR) is 65.8 cm³/mol. The van der Waals surface area contributed by atoms with Gasteiger partial charge in [0.2, 0.25) is 0 Å². The average molecular weight is 261 g/mol. The van der Waals surface area contributed by atoms with E-state index in [1.165, 1.54) is 0 Å². The monoisotopic (exact) mass is 260 g/mol. The van der Waals surface area contributed by atoms with Gasteiger partial charge in [0.25, 0.3) is 0 Å². The molecule has 1 aromatic rings. The number of phenolic OH excluding ortho intramolecular Hbond substituents is 1. The Morgan fingerprint density at radius 1 is 1.38 bits per heavy atom. The van der Waals surface area contributed by atoms with E-state index in [4.69, 9.17) is 16.9 Å². The van der Waals surface area contributed by atoms with Crippen molar-refractivity contribution in [3.05, 3.63) is 24.3 Å². The minimum Gasteiger partial charge on any atom is -0.508 e. The maximum Gasteiger partial charge on any atom is 0.329 e. The number of rotatable bonds is 5. The van der Waals surface area contributed by atoms with E-state index in [9.17, 15) is 4.79 Å². The number of aromatic hydroxyl groups is 1. The zero-order chi connectivity index (χ0) is 11.8. The highest BCUT2D eigenvalue weighted by atomic mass is 35.5. The van der Waals surface area contributed by atoms with Crippen LogP contribution in [0.3, 0.4) is 0 Å². The van der Waals surface area contributed by atoms with Crippen LogP contribution in [-0.4, -0.2) is 23.4 Å². The number of urea groups is 1. The van der Waals surface area contributed by atoms with Crippen molar-refractivity contribution in [2.75, 3.05) is 12.3 Å². The number of hydrogen-bond acceptors (Lipinski definition) is 3. The summed E-state index contributed by atoms with van der Waals surface area (Å²) in [5.41, 5.74) is 0. The number of thioether (sulfide) groups is 1. The van der Waals surface area contributed by atoms with Crippen molar-refractivity contribution in [1.82, 2.24) is 10.2 Å². The standard InChI is InChI=1S/C10H13ClN2O2S/c11-13-10(15)12-6-1-7-16-9-4-2-8(14)3-5-9/h2-5,14H,1,6-7H2,(H2,12,13,15). The molecule has 0 unspecified atom stereocenters. The number of nitrogens with one attached hydrogen (secondary N) is 2. The molecule has 0 heterocycles. The lowest BCUT2D eigenvalue weighted by Crippen LogP contribution is -2.30. The molecule has 0 fully saturated rings. The zero-order valence-corrected chi connectivity index (χ0v) is 10.1. The van der Waals surface area contributed by atoms with Gasteiger partial charge in [-0.1, -0.05) is 0 Å². The van der Waals surface area contributed by atoms with Gasteiger partial charge in [0.1, 0.15) is 5.75 Å². The second-order valence-corrected chi connectivity index (χ2v) is 4.40. The Morgan fingerprint density at radius 2 is 2.06 bits per heavy atom. The molecule has 0 saturated heterocycles. The fourth-order valence-electron chi connectivity index (χ4n) is 1.04. The number of amides is 2. The van der Waals surface area contributed by atoms with Gasteiger partial charge in [-0.05, 0) is 36.4 Å². The van der Waals surface area contributed by atoms with Crippen LogP contribution < -0.4 is 10.2 Å². The first kappa shape index (κ1) is 13.0. The molecule has 0 aliphatic rings. The molecule has 0 aliphatic heterocycles. The molecule has 0 bridgehead atoms. The third-order valence-corrected chi connectivity index (χ3v) is 3.07. The first-order valence-corrected chi connectivity index (χ1v) is 6.15. The molecule has 16 heavy (non-hydrogen) atoms. The van der Waals surface area contributed by atoms with E-state index in [1.54, 1.807) is 23.9 Å². The maximum absolute atomic E-state index is 10.7. The molecule has 6 heteroatoms. The molecular formula is C10H13ClN2O2S. The summed E-state index contributed by atoms with van der Waals surface area (Å²) in [4.78, 5) is 13.8. The van der Waals surface area contributed by atoms with Crippen LogP contribution in [0.15, 0.2) is 29.2 Å². The summed E-state index contributed by atoms with van der Waals surface area (Å²) in [6, 6.07) is 6.65. The quantitative estimate of drug-likeness (QED) is 0.433. The fraction of sp³-hybridized carbons (Fsp3) is 0.300. The minimum atomic E-state index is -0.378. The van der Waals surface area contributed by atoms with Crippen LogP contribution in [0.4, 0.5) is 4.79 Å². The average Bonchev–Trinajstić information content (AvgIpc) is 2.31. The molecule has 4 nitrogen and oxygen atoms in total. The van der Waals surface area contributed by atoms with Gasteiger partial charge in [-0.2, -0.15) is 0 Å². The summed E-state index contributed by atoms with van der Waals surface area (Å²) >= 11 is 6.76. The minimum absolute atomic E-state index is 0.268. The Hall–Kier alpha value is -1.07. The van der Waals surface area contributed by atoms with Crippen LogP contribution in [-0.2, 0) is 0 Å². The molecule has 0 atom stereocenters. The number of carbonyl (C=O) groups is 1. The Balaban J connectivity index is 2.11. The van der Waals surface area contributed by atoms with Gasteiger partial charge in [0.05, 0.1) is 0 Å². The molecule has 3 N–H and O–H groups in total. The van der Waals surface area contributed by atoms with Crippen molar-refractivity contribution >= 4 is 29.6 Å². The largest absolute Gasteiger partial charge is 0.508 e. The van der Waals surface area contributed by atoms with Gasteiger partial charge in [-0.3, -0.25) is 0 Å². The van der Waals surface area contributed by atoms with Crippen molar-refractivity contribution in [2.45, 2.75) is 11.3 Å². The molecule has 0 spiro atoms. The molecule has 1 aromatic carbocycles. The molecule has 0 aromatic heterocycles. The zero-order valence-electron chi connectivity index (χ0n) is 8.57. The van der Waals surface area contributed by atoms with Gasteiger partial charge in [-0.25, -0.2) is 9.63 Å². The van der Waals surface area contributed by atoms with E-state index in [0.717, 1.165) is 17.1 Å². The number of hydrogen-bond donors (Lipinski definition) is 3. The van der Waals surface area contributed by atoms with Crippen LogP contribution in [0.5, 0.6) is 5.75 Å². The molecule has 88 valence electrons. The molecule has 0 saturated carbocycles. The molecule has 0 radical (unpaired) electrons. The van der Waals surface area contributed by atoms with Crippen LogP contribution >= 0.6 is 23.5 Å². The lowest BCUT2D eigenvalue weighted by molar-refractivity contribution is 0.246. The third kappa shape index (κ3) is 5.14. The van der Waals surface area contributed by atoms with Crippen molar-refractivity contribution in [2.24, 2.45) is 0 Å². The second kappa shape index (κ2) is 7.24. The summed E-state index contributed by atoms with van der Waals surface area (Å²) in [6.45, 7) is 0.587. The fourth-order valence-corrected chi connectivity index (χ4v) is 1.96.